The van der Waals surface area contributed by atoms with Crippen LogP contribution in [0.4, 0.5) is 0 Å². The second-order valence-corrected chi connectivity index (χ2v) is 13.0. The molecule has 0 saturated carbocycles. The first-order valence-corrected chi connectivity index (χ1v) is 19.2. The van der Waals surface area contributed by atoms with E-state index in [1.54, 1.807) is 0 Å². The molecule has 0 bridgehead atoms. The number of rotatable bonds is 35. The number of hydrogen-bond acceptors (Lipinski definition) is 5. The third kappa shape index (κ3) is 33.5. The van der Waals surface area contributed by atoms with Gasteiger partial charge in [0.2, 0.25) is 0 Å². The summed E-state index contributed by atoms with van der Waals surface area (Å²) >= 11 is 0. The lowest BCUT2D eigenvalue weighted by Gasteiger charge is -2.15. The highest BCUT2D eigenvalue weighted by Gasteiger charge is 2.16. The molecule has 1 atom stereocenters. The molecular weight excluding hydrogens is 548 g/mol. The fraction of sp³-hybridized carbons (Fsp3) is 0.897. The average molecular weight is 623 g/mol. The molecule has 0 aliphatic carbocycles. The number of hydrogen-bond donors (Lipinski definition) is 1. The molecule has 0 spiro atoms. The van der Waals surface area contributed by atoms with E-state index < -0.39 is 6.10 Å². The molecule has 0 radical (unpaired) electrons. The van der Waals surface area contributed by atoms with Crippen LogP contribution in [0.3, 0.4) is 0 Å². The van der Waals surface area contributed by atoms with Crippen LogP contribution in [0.25, 0.3) is 0 Å². The van der Waals surface area contributed by atoms with Crippen LogP contribution in [-0.2, 0) is 19.1 Å². The van der Waals surface area contributed by atoms with Crippen molar-refractivity contribution in [3.8, 4) is 0 Å². The molecule has 0 aromatic rings. The SMILES string of the molecule is CCCCCCCCCC/C=C\CCCCCCCCCCCCCC(=O)OC(CO)COC(=O)CCCCCCCCC. The monoisotopic (exact) mass is 623 g/mol. The number of ether oxygens (including phenoxy) is 2. The number of allylic oxidation sites excluding steroid dienone is 2. The van der Waals surface area contributed by atoms with Crippen molar-refractivity contribution in [1.82, 2.24) is 0 Å². The Bertz CT molecular complexity index is 632. The van der Waals surface area contributed by atoms with E-state index in [9.17, 15) is 14.7 Å². The number of esters is 2. The fourth-order valence-electron chi connectivity index (χ4n) is 5.61. The first-order chi connectivity index (χ1) is 21.6. The molecule has 0 rings (SSSR count). The minimum Gasteiger partial charge on any atom is -0.462 e. The molecule has 5 heteroatoms. The first kappa shape index (κ1) is 42.6. The fourth-order valence-corrected chi connectivity index (χ4v) is 5.61. The molecule has 0 heterocycles. The van der Waals surface area contributed by atoms with Gasteiger partial charge in [-0.15, -0.1) is 0 Å². The minimum atomic E-state index is -0.763. The third-order valence-electron chi connectivity index (χ3n) is 8.56. The van der Waals surface area contributed by atoms with E-state index in [2.05, 4.69) is 26.0 Å². The highest BCUT2D eigenvalue weighted by Crippen LogP contribution is 2.14. The second-order valence-electron chi connectivity index (χ2n) is 13.0. The molecule has 0 aliphatic rings. The van der Waals surface area contributed by atoms with E-state index in [1.807, 2.05) is 0 Å². The molecule has 0 aliphatic heterocycles. The Morgan fingerprint density at radius 1 is 0.500 bits per heavy atom. The number of aliphatic hydroxyl groups excluding tert-OH is 1. The van der Waals surface area contributed by atoms with Gasteiger partial charge >= 0.3 is 11.9 Å². The predicted octanol–water partition coefficient (Wildman–Crippen LogP) is 11.7. The van der Waals surface area contributed by atoms with Crippen molar-refractivity contribution in [2.24, 2.45) is 0 Å². The lowest BCUT2D eigenvalue weighted by molar-refractivity contribution is -0.161. The van der Waals surface area contributed by atoms with Gasteiger partial charge in [0.1, 0.15) is 6.61 Å². The van der Waals surface area contributed by atoms with Crippen molar-refractivity contribution in [3.05, 3.63) is 12.2 Å². The average Bonchev–Trinajstić information content (AvgIpc) is 3.02. The minimum absolute atomic E-state index is 0.0615. The maximum absolute atomic E-state index is 12.1. The zero-order valence-corrected chi connectivity index (χ0v) is 29.4. The summed E-state index contributed by atoms with van der Waals surface area (Å²) in [4.78, 5) is 24.0. The summed E-state index contributed by atoms with van der Waals surface area (Å²) in [5.74, 6) is -0.591. The summed E-state index contributed by atoms with van der Waals surface area (Å²) in [6, 6.07) is 0. The molecule has 1 unspecified atom stereocenters. The van der Waals surface area contributed by atoms with Crippen molar-refractivity contribution in [2.75, 3.05) is 13.2 Å². The summed E-state index contributed by atoms with van der Waals surface area (Å²) in [5.41, 5.74) is 0. The van der Waals surface area contributed by atoms with Crippen molar-refractivity contribution >= 4 is 11.9 Å². The molecule has 0 amide bonds. The molecule has 0 aromatic heterocycles. The van der Waals surface area contributed by atoms with E-state index in [-0.39, 0.29) is 25.2 Å². The summed E-state index contributed by atoms with van der Waals surface area (Å²) in [7, 11) is 0. The topological polar surface area (TPSA) is 72.8 Å². The van der Waals surface area contributed by atoms with Crippen LogP contribution in [0, 0.1) is 0 Å². The van der Waals surface area contributed by atoms with Crippen molar-refractivity contribution in [1.29, 1.82) is 0 Å². The number of carbonyl (C=O) groups is 2. The van der Waals surface area contributed by atoms with E-state index in [4.69, 9.17) is 9.47 Å². The molecule has 1 N–H and O–H groups in total. The Morgan fingerprint density at radius 3 is 1.23 bits per heavy atom. The maximum atomic E-state index is 12.1. The zero-order chi connectivity index (χ0) is 32.2. The van der Waals surface area contributed by atoms with Gasteiger partial charge in [-0.2, -0.15) is 0 Å². The number of carbonyl (C=O) groups excluding carboxylic acids is 2. The second kappa shape index (κ2) is 36.1. The summed E-state index contributed by atoms with van der Waals surface area (Å²) in [6.07, 6.45) is 40.1. The van der Waals surface area contributed by atoms with Crippen molar-refractivity contribution in [2.45, 2.75) is 213 Å². The van der Waals surface area contributed by atoms with Gasteiger partial charge in [0.05, 0.1) is 6.61 Å². The van der Waals surface area contributed by atoms with Gasteiger partial charge in [-0.05, 0) is 38.5 Å². The van der Waals surface area contributed by atoms with Gasteiger partial charge in [0.25, 0.3) is 0 Å². The maximum Gasteiger partial charge on any atom is 0.306 e. The lowest BCUT2D eigenvalue weighted by Crippen LogP contribution is -2.28. The van der Waals surface area contributed by atoms with E-state index >= 15 is 0 Å². The Hall–Kier alpha value is -1.36. The number of unbranched alkanes of at least 4 members (excludes halogenated alkanes) is 25. The van der Waals surface area contributed by atoms with Crippen LogP contribution < -0.4 is 0 Å². The van der Waals surface area contributed by atoms with E-state index in [0.29, 0.717) is 12.8 Å². The molecule has 0 aromatic carbocycles. The van der Waals surface area contributed by atoms with Crippen molar-refractivity contribution < 1.29 is 24.2 Å². The van der Waals surface area contributed by atoms with Gasteiger partial charge in [0.15, 0.2) is 6.10 Å². The van der Waals surface area contributed by atoms with Gasteiger partial charge in [-0.25, -0.2) is 0 Å². The van der Waals surface area contributed by atoms with Crippen LogP contribution in [0.1, 0.15) is 206 Å². The van der Waals surface area contributed by atoms with Crippen LogP contribution in [0.5, 0.6) is 0 Å². The van der Waals surface area contributed by atoms with Gasteiger partial charge < -0.3 is 14.6 Å². The summed E-state index contributed by atoms with van der Waals surface area (Å²) in [5, 5.41) is 9.49. The third-order valence-corrected chi connectivity index (χ3v) is 8.56. The zero-order valence-electron chi connectivity index (χ0n) is 29.4. The lowest BCUT2D eigenvalue weighted by atomic mass is 10.0. The smallest absolute Gasteiger partial charge is 0.306 e. The van der Waals surface area contributed by atoms with Crippen LogP contribution in [-0.4, -0.2) is 36.4 Å². The summed E-state index contributed by atoms with van der Waals surface area (Å²) < 4.78 is 10.5. The summed E-state index contributed by atoms with van der Waals surface area (Å²) in [6.45, 7) is 4.10. The quantitative estimate of drug-likeness (QED) is 0.0432. The Kier molecular flexibility index (Phi) is 35.0. The molecule has 0 saturated heterocycles. The molecule has 5 nitrogen and oxygen atoms in total. The Labute approximate surface area is 273 Å². The highest BCUT2D eigenvalue weighted by atomic mass is 16.6. The van der Waals surface area contributed by atoms with E-state index in [0.717, 1.165) is 38.5 Å². The molecular formula is C39H74O5. The van der Waals surface area contributed by atoms with Crippen molar-refractivity contribution in [3.63, 3.8) is 0 Å². The molecule has 44 heavy (non-hydrogen) atoms. The van der Waals surface area contributed by atoms with Gasteiger partial charge in [-0.1, -0.05) is 167 Å². The van der Waals surface area contributed by atoms with Crippen LogP contribution in [0.2, 0.25) is 0 Å². The normalized spacial score (nSPS) is 12.2. The Balaban J connectivity index is 3.45. The van der Waals surface area contributed by atoms with Crippen LogP contribution >= 0.6 is 0 Å². The highest BCUT2D eigenvalue weighted by molar-refractivity contribution is 5.70. The van der Waals surface area contributed by atoms with E-state index in [1.165, 1.54) is 141 Å². The van der Waals surface area contributed by atoms with Crippen LogP contribution in [0.15, 0.2) is 12.2 Å². The van der Waals surface area contributed by atoms with Gasteiger partial charge in [-0.3, -0.25) is 9.59 Å². The number of aliphatic hydroxyl groups is 1. The van der Waals surface area contributed by atoms with Gasteiger partial charge in [0, 0.05) is 12.8 Å². The standard InChI is InChI=1S/C39H74O5/c1-3-5-7-9-11-12-13-14-15-16-17-18-19-20-21-22-23-24-25-26-28-30-32-34-39(42)44-37(35-40)36-43-38(41)33-31-29-27-10-8-6-4-2/h16-17,37,40H,3-15,18-36H2,1-2H3/b17-16-. The Morgan fingerprint density at radius 2 is 0.841 bits per heavy atom. The molecule has 260 valence electrons. The predicted molar refractivity (Wildman–Crippen MR) is 187 cm³/mol. The first-order valence-electron chi connectivity index (χ1n) is 19.2. The largest absolute Gasteiger partial charge is 0.462 e. The molecule has 0 fully saturated rings.